The van der Waals surface area contributed by atoms with E-state index < -0.39 is 12.8 Å². The van der Waals surface area contributed by atoms with Crippen molar-refractivity contribution in [3.63, 3.8) is 0 Å². The number of halogens is 3. The minimum atomic E-state index is -4.29. The largest absolute Gasteiger partial charge is 0.411 e. The van der Waals surface area contributed by atoms with E-state index in [4.69, 9.17) is 0 Å². The van der Waals surface area contributed by atoms with Crippen LogP contribution in [-0.4, -0.2) is 80.4 Å². The zero-order valence-electron chi connectivity index (χ0n) is 16.4. The summed E-state index contributed by atoms with van der Waals surface area (Å²) in [5.41, 5.74) is 1.13. The first kappa shape index (κ1) is 23.0. The van der Waals surface area contributed by atoms with E-state index in [0.29, 0.717) is 56.9 Å². The Labute approximate surface area is 168 Å². The van der Waals surface area contributed by atoms with Gasteiger partial charge in [0, 0.05) is 57.1 Å². The van der Waals surface area contributed by atoms with Gasteiger partial charge in [0.25, 0.3) is 5.91 Å². The third-order valence-electron chi connectivity index (χ3n) is 4.42. The zero-order valence-corrected chi connectivity index (χ0v) is 16.4. The lowest BCUT2D eigenvalue weighted by atomic mass is 10.2. The molecular weight excluding hydrogens is 389 g/mol. The average molecular weight is 416 g/mol. The van der Waals surface area contributed by atoms with E-state index in [0.717, 1.165) is 0 Å². The van der Waals surface area contributed by atoms with Crippen molar-refractivity contribution in [2.45, 2.75) is 19.5 Å². The van der Waals surface area contributed by atoms with Gasteiger partial charge in [-0.3, -0.25) is 9.69 Å². The van der Waals surface area contributed by atoms with Crippen LogP contribution >= 0.6 is 0 Å². The number of nitrogens with one attached hydrogen (secondary N) is 2. The molecule has 0 aliphatic carbocycles. The Morgan fingerprint density at radius 1 is 1.10 bits per heavy atom. The second-order valence-electron chi connectivity index (χ2n) is 6.72. The minimum absolute atomic E-state index is 0.0620. The lowest BCUT2D eigenvalue weighted by Crippen LogP contribution is -2.50. The van der Waals surface area contributed by atoms with Crippen molar-refractivity contribution >= 4 is 17.6 Å². The smallest absolute Gasteiger partial charge is 0.372 e. The lowest BCUT2D eigenvalue weighted by Gasteiger charge is -2.34. The minimum Gasteiger partial charge on any atom is -0.372 e. The number of hydrogen-bond donors (Lipinski definition) is 2. The van der Waals surface area contributed by atoms with Gasteiger partial charge in [-0.1, -0.05) is 0 Å². The number of piperazine rings is 1. The number of nitrogens with zero attached hydrogens (tertiary/aromatic N) is 2. The molecule has 29 heavy (non-hydrogen) atoms. The van der Waals surface area contributed by atoms with E-state index in [2.05, 4.69) is 20.3 Å². The van der Waals surface area contributed by atoms with Crippen molar-refractivity contribution in [3.8, 4) is 0 Å². The van der Waals surface area contributed by atoms with E-state index in [9.17, 15) is 22.8 Å². The molecule has 2 N–H and O–H groups in total. The molecule has 3 amide bonds. The molecule has 2 rings (SSSR count). The van der Waals surface area contributed by atoms with Crippen LogP contribution in [0.25, 0.3) is 0 Å². The number of amides is 3. The Bertz CT molecular complexity index is 660. The van der Waals surface area contributed by atoms with Crippen molar-refractivity contribution < 1.29 is 27.5 Å². The summed E-state index contributed by atoms with van der Waals surface area (Å²) in [5.74, 6) is -0.162. The number of alkyl halides is 3. The van der Waals surface area contributed by atoms with Crippen LogP contribution in [0.1, 0.15) is 23.7 Å². The van der Waals surface area contributed by atoms with Gasteiger partial charge in [-0.2, -0.15) is 13.2 Å². The summed E-state index contributed by atoms with van der Waals surface area (Å²) in [5, 5.41) is 5.52. The number of hydrogen-bond acceptors (Lipinski definition) is 4. The van der Waals surface area contributed by atoms with Crippen molar-refractivity contribution in [2.75, 3.05) is 57.8 Å². The number of ether oxygens (including phenoxy) is 1. The van der Waals surface area contributed by atoms with Gasteiger partial charge in [-0.15, -0.1) is 0 Å². The summed E-state index contributed by atoms with van der Waals surface area (Å²) in [6.45, 7) is 4.24. The predicted molar refractivity (Wildman–Crippen MR) is 103 cm³/mol. The summed E-state index contributed by atoms with van der Waals surface area (Å²) in [4.78, 5) is 27.9. The van der Waals surface area contributed by atoms with Gasteiger partial charge in [0.1, 0.15) is 6.61 Å². The van der Waals surface area contributed by atoms with E-state index >= 15 is 0 Å². The quantitative estimate of drug-likeness (QED) is 0.639. The summed E-state index contributed by atoms with van der Waals surface area (Å²) in [6.07, 6.45) is -3.78. The summed E-state index contributed by atoms with van der Waals surface area (Å²) < 4.78 is 40.6. The Hall–Kier alpha value is -2.33. The van der Waals surface area contributed by atoms with Gasteiger partial charge in [0.05, 0.1) is 0 Å². The maximum absolute atomic E-state index is 12.4. The van der Waals surface area contributed by atoms with Crippen LogP contribution in [0.5, 0.6) is 0 Å². The zero-order chi connectivity index (χ0) is 21.3. The van der Waals surface area contributed by atoms with Crippen molar-refractivity contribution in [3.05, 3.63) is 29.8 Å². The molecule has 0 aromatic heterocycles. The molecule has 10 heteroatoms. The van der Waals surface area contributed by atoms with Crippen LogP contribution in [0.2, 0.25) is 0 Å². The highest BCUT2D eigenvalue weighted by Crippen LogP contribution is 2.15. The molecule has 1 fully saturated rings. The van der Waals surface area contributed by atoms with Crippen LogP contribution in [0.15, 0.2) is 24.3 Å². The number of carbonyl (C=O) groups is 2. The molecule has 162 valence electrons. The topological polar surface area (TPSA) is 73.9 Å². The maximum atomic E-state index is 12.4. The van der Waals surface area contributed by atoms with Gasteiger partial charge in [0.2, 0.25) is 0 Å². The number of anilines is 1. The average Bonchev–Trinajstić information content (AvgIpc) is 2.68. The highest BCUT2D eigenvalue weighted by molar-refractivity contribution is 5.95. The number of carbonyl (C=O) groups excluding carboxylic acids is 2. The first-order valence-electron chi connectivity index (χ1n) is 9.59. The van der Waals surface area contributed by atoms with Crippen molar-refractivity contribution in [1.29, 1.82) is 0 Å². The third kappa shape index (κ3) is 8.28. The molecule has 0 radical (unpaired) electrons. The summed E-state index contributed by atoms with van der Waals surface area (Å²) in [7, 11) is 0. The van der Waals surface area contributed by atoms with E-state index in [-0.39, 0.29) is 18.5 Å². The lowest BCUT2D eigenvalue weighted by molar-refractivity contribution is -0.174. The van der Waals surface area contributed by atoms with Gasteiger partial charge in [-0.05, 0) is 37.6 Å². The maximum Gasteiger partial charge on any atom is 0.411 e. The number of urea groups is 1. The Morgan fingerprint density at radius 2 is 1.76 bits per heavy atom. The van der Waals surface area contributed by atoms with Crippen LogP contribution in [0, 0.1) is 0 Å². The molecule has 1 aromatic carbocycles. The van der Waals surface area contributed by atoms with Crippen molar-refractivity contribution in [1.82, 2.24) is 15.1 Å². The Morgan fingerprint density at radius 3 is 2.34 bits per heavy atom. The SMILES string of the molecule is CCNC(=O)c1ccc(NC(=O)N2CCN(CCCOCC(F)(F)F)CC2)cc1. The van der Waals surface area contributed by atoms with Crippen molar-refractivity contribution in [2.24, 2.45) is 0 Å². The second-order valence-corrected chi connectivity index (χ2v) is 6.72. The monoisotopic (exact) mass is 416 g/mol. The predicted octanol–water partition coefficient (Wildman–Crippen LogP) is 2.55. The fourth-order valence-corrected chi connectivity index (χ4v) is 2.92. The number of rotatable bonds is 8. The molecule has 0 spiro atoms. The first-order valence-corrected chi connectivity index (χ1v) is 9.59. The molecule has 1 saturated heterocycles. The van der Waals surface area contributed by atoms with Crippen LogP contribution in [0.3, 0.4) is 0 Å². The van der Waals surface area contributed by atoms with Crippen LogP contribution in [-0.2, 0) is 4.74 Å². The Kier molecular flexibility index (Phi) is 8.71. The summed E-state index contributed by atoms with van der Waals surface area (Å²) >= 11 is 0. The first-order chi connectivity index (χ1) is 13.8. The van der Waals surface area contributed by atoms with Gasteiger partial charge >= 0.3 is 12.2 Å². The molecule has 0 atom stereocenters. The molecule has 1 aliphatic rings. The molecule has 0 saturated carbocycles. The Balaban J connectivity index is 1.67. The highest BCUT2D eigenvalue weighted by atomic mass is 19.4. The van der Waals surface area contributed by atoms with E-state index in [1.807, 2.05) is 6.92 Å². The second kappa shape index (κ2) is 11.0. The van der Waals surface area contributed by atoms with Crippen LogP contribution < -0.4 is 10.6 Å². The van der Waals surface area contributed by atoms with Gasteiger partial charge in [0.15, 0.2) is 0 Å². The molecule has 1 aromatic rings. The van der Waals surface area contributed by atoms with Crippen LogP contribution in [0.4, 0.5) is 23.7 Å². The normalized spacial score (nSPS) is 15.2. The van der Waals surface area contributed by atoms with E-state index in [1.54, 1.807) is 29.2 Å². The molecule has 0 unspecified atom stereocenters. The molecule has 7 nitrogen and oxygen atoms in total. The molecule has 1 heterocycles. The molecule has 0 bridgehead atoms. The number of benzene rings is 1. The summed E-state index contributed by atoms with van der Waals surface area (Å²) in [6, 6.07) is 6.45. The standard InChI is InChI=1S/C19H27F3N4O3/c1-2-23-17(27)15-4-6-16(7-5-15)24-18(28)26-11-9-25(10-12-26)8-3-13-29-14-19(20,21)22/h4-7H,2-3,8-14H2,1H3,(H,23,27)(H,24,28). The van der Waals surface area contributed by atoms with E-state index in [1.165, 1.54) is 0 Å². The molecular formula is C19H27F3N4O3. The fourth-order valence-electron chi connectivity index (χ4n) is 2.92. The fraction of sp³-hybridized carbons (Fsp3) is 0.579. The highest BCUT2D eigenvalue weighted by Gasteiger charge is 2.27. The van der Waals surface area contributed by atoms with Gasteiger partial charge in [-0.25, -0.2) is 4.79 Å². The third-order valence-corrected chi connectivity index (χ3v) is 4.42. The molecule has 1 aliphatic heterocycles. The van der Waals surface area contributed by atoms with Gasteiger partial charge < -0.3 is 20.3 Å².